The van der Waals surface area contributed by atoms with Crippen LogP contribution in [0, 0.1) is 0 Å². The summed E-state index contributed by atoms with van der Waals surface area (Å²) in [5.74, 6) is -0.600. The molecule has 8 nitrogen and oxygen atoms in total. The van der Waals surface area contributed by atoms with Gasteiger partial charge in [0.2, 0.25) is 5.91 Å². The van der Waals surface area contributed by atoms with Crippen LogP contribution in [0.1, 0.15) is 43.1 Å². The van der Waals surface area contributed by atoms with Gasteiger partial charge < -0.3 is 19.7 Å². The third kappa shape index (κ3) is 7.51. The highest BCUT2D eigenvalue weighted by molar-refractivity contribution is 7.80. The molecule has 0 bridgehead atoms. The number of carbonyl (C=O) groups excluding carboxylic acids is 3. The lowest BCUT2D eigenvalue weighted by Gasteiger charge is -2.36. The van der Waals surface area contributed by atoms with E-state index in [1.165, 1.54) is 0 Å². The van der Waals surface area contributed by atoms with Crippen LogP contribution in [0.3, 0.4) is 0 Å². The smallest absolute Gasteiger partial charge is 0.308 e. The van der Waals surface area contributed by atoms with Crippen LogP contribution in [0.4, 0.5) is 0 Å². The van der Waals surface area contributed by atoms with E-state index < -0.39 is 12.0 Å². The van der Waals surface area contributed by atoms with Crippen molar-refractivity contribution in [2.75, 3.05) is 26.3 Å². The first kappa shape index (κ1) is 26.2. The van der Waals surface area contributed by atoms with E-state index in [0.717, 1.165) is 5.56 Å². The minimum atomic E-state index is -0.873. The van der Waals surface area contributed by atoms with Crippen molar-refractivity contribution in [2.24, 2.45) is 0 Å². The largest absolute Gasteiger partial charge is 0.490 e. The zero-order valence-electron chi connectivity index (χ0n) is 20.2. The van der Waals surface area contributed by atoms with Crippen LogP contribution in [0.25, 0.3) is 0 Å². The molecule has 2 aromatic rings. The summed E-state index contributed by atoms with van der Waals surface area (Å²) in [5.41, 5.74) is 1.54. The number of para-hydroxylation sites is 1. The van der Waals surface area contributed by atoms with E-state index in [1.807, 2.05) is 30.3 Å². The highest BCUT2D eigenvalue weighted by Crippen LogP contribution is 2.22. The van der Waals surface area contributed by atoms with E-state index in [1.54, 1.807) is 29.2 Å². The molecule has 1 saturated heterocycles. The van der Waals surface area contributed by atoms with Gasteiger partial charge in [0, 0.05) is 18.7 Å². The second-order valence-corrected chi connectivity index (χ2v) is 9.56. The second-order valence-electron chi connectivity index (χ2n) is 9.17. The van der Waals surface area contributed by atoms with Crippen molar-refractivity contribution in [1.29, 1.82) is 0 Å². The maximum Gasteiger partial charge on any atom is 0.308 e. The highest BCUT2D eigenvalue weighted by Gasteiger charge is 2.34. The first-order chi connectivity index (χ1) is 16.6. The molecule has 3 rings (SSSR count). The van der Waals surface area contributed by atoms with Crippen molar-refractivity contribution >= 4 is 35.1 Å². The fourth-order valence-electron chi connectivity index (χ4n) is 3.57. The van der Waals surface area contributed by atoms with Gasteiger partial charge in [-0.05, 0) is 47.5 Å². The molecule has 1 aliphatic rings. The quantitative estimate of drug-likeness (QED) is 0.345. The van der Waals surface area contributed by atoms with Crippen LogP contribution in [-0.4, -0.2) is 60.1 Å². The maximum atomic E-state index is 12.7. The fraction of sp³-hybridized carbons (Fsp3) is 0.385. The molecule has 1 fully saturated rings. The Hall–Kier alpha value is -3.46. The lowest BCUT2D eigenvalue weighted by atomic mass is 9.87. The molecule has 0 radical (unpaired) electrons. The van der Waals surface area contributed by atoms with Gasteiger partial charge >= 0.3 is 5.97 Å². The summed E-state index contributed by atoms with van der Waals surface area (Å²) in [6, 6.07) is 15.6. The summed E-state index contributed by atoms with van der Waals surface area (Å²) >= 11 is 5.42. The fourth-order valence-corrected chi connectivity index (χ4v) is 3.88. The standard InChI is InChI=1S/C26H31N3O5S/c1-26(2,3)19-11-9-18(10-12-19)23(31)28-25(35)29-14-13-27-24(32)21(29)17-22(30)34-16-15-33-20-7-5-4-6-8-20/h4-12,21H,13-17H2,1-3H3,(H,27,32)(H,28,31,35). The topological polar surface area (TPSA) is 97.0 Å². The number of nitrogens with one attached hydrogen (secondary N) is 2. The van der Waals surface area contributed by atoms with E-state index in [9.17, 15) is 14.4 Å². The van der Waals surface area contributed by atoms with Gasteiger partial charge in [-0.3, -0.25) is 19.7 Å². The Balaban J connectivity index is 1.53. The summed E-state index contributed by atoms with van der Waals surface area (Å²) in [5, 5.41) is 5.51. The normalized spacial score (nSPS) is 15.7. The molecule has 1 heterocycles. The van der Waals surface area contributed by atoms with Crippen LogP contribution in [0.5, 0.6) is 5.75 Å². The molecule has 9 heteroatoms. The SMILES string of the molecule is CC(C)(C)c1ccc(C(=O)NC(=S)N2CCNC(=O)C2CC(=O)OCCOc2ccccc2)cc1. The summed E-state index contributed by atoms with van der Waals surface area (Å²) in [6.45, 7) is 7.25. The second kappa shape index (κ2) is 11.8. The molecule has 0 saturated carbocycles. The van der Waals surface area contributed by atoms with Crippen molar-refractivity contribution in [3.63, 3.8) is 0 Å². The zero-order valence-corrected chi connectivity index (χ0v) is 21.0. The highest BCUT2D eigenvalue weighted by atomic mass is 32.1. The molecular weight excluding hydrogens is 466 g/mol. The Bertz CT molecular complexity index is 1050. The number of hydrogen-bond acceptors (Lipinski definition) is 6. The van der Waals surface area contributed by atoms with Crippen molar-refractivity contribution in [3.05, 3.63) is 65.7 Å². The van der Waals surface area contributed by atoms with Gasteiger partial charge in [-0.25, -0.2) is 0 Å². The molecule has 1 atom stereocenters. The predicted molar refractivity (Wildman–Crippen MR) is 136 cm³/mol. The Kier molecular flexibility index (Phi) is 8.81. The molecule has 2 aromatic carbocycles. The molecule has 0 aromatic heterocycles. The number of hydrogen-bond donors (Lipinski definition) is 2. The number of carbonyl (C=O) groups is 3. The first-order valence-corrected chi connectivity index (χ1v) is 11.9. The molecule has 2 amide bonds. The molecule has 1 unspecified atom stereocenters. The van der Waals surface area contributed by atoms with Crippen LogP contribution in [0.15, 0.2) is 54.6 Å². The Morgan fingerprint density at radius 3 is 2.43 bits per heavy atom. The van der Waals surface area contributed by atoms with Crippen LogP contribution in [0.2, 0.25) is 0 Å². The van der Waals surface area contributed by atoms with E-state index in [4.69, 9.17) is 21.7 Å². The molecular formula is C26H31N3O5S. The van der Waals surface area contributed by atoms with Gasteiger partial charge in [0.05, 0.1) is 6.42 Å². The van der Waals surface area contributed by atoms with E-state index in [-0.39, 0.29) is 42.0 Å². The Morgan fingerprint density at radius 2 is 1.77 bits per heavy atom. The molecule has 0 spiro atoms. The number of benzene rings is 2. The van der Waals surface area contributed by atoms with Crippen LogP contribution in [-0.2, 0) is 19.7 Å². The van der Waals surface area contributed by atoms with Crippen molar-refractivity contribution < 1.29 is 23.9 Å². The number of thiocarbonyl (C=S) groups is 1. The minimum absolute atomic E-state index is 0.0268. The summed E-state index contributed by atoms with van der Waals surface area (Å²) < 4.78 is 10.7. The van der Waals surface area contributed by atoms with E-state index in [2.05, 4.69) is 31.4 Å². The summed E-state index contributed by atoms with van der Waals surface area (Å²) in [4.78, 5) is 39.1. The van der Waals surface area contributed by atoms with Crippen molar-refractivity contribution in [3.8, 4) is 5.75 Å². The lowest BCUT2D eigenvalue weighted by molar-refractivity contribution is -0.148. The Labute approximate surface area is 211 Å². The maximum absolute atomic E-state index is 12.7. The number of amides is 2. The molecule has 2 N–H and O–H groups in total. The van der Waals surface area contributed by atoms with Gasteiger partial charge in [0.1, 0.15) is 25.0 Å². The van der Waals surface area contributed by atoms with E-state index >= 15 is 0 Å². The van der Waals surface area contributed by atoms with Crippen LogP contribution < -0.4 is 15.4 Å². The molecule has 0 aliphatic carbocycles. The number of nitrogens with zero attached hydrogens (tertiary/aromatic N) is 1. The number of ether oxygens (including phenoxy) is 2. The number of piperazine rings is 1. The summed E-state index contributed by atoms with van der Waals surface area (Å²) in [7, 11) is 0. The molecule has 186 valence electrons. The third-order valence-electron chi connectivity index (χ3n) is 5.54. The molecule has 1 aliphatic heterocycles. The summed E-state index contributed by atoms with van der Waals surface area (Å²) in [6.07, 6.45) is -0.201. The van der Waals surface area contributed by atoms with Gasteiger partial charge in [-0.1, -0.05) is 51.1 Å². The van der Waals surface area contributed by atoms with Gasteiger partial charge in [-0.2, -0.15) is 0 Å². The first-order valence-electron chi connectivity index (χ1n) is 11.5. The van der Waals surface area contributed by atoms with Crippen LogP contribution >= 0.6 is 12.2 Å². The number of esters is 1. The van der Waals surface area contributed by atoms with E-state index in [0.29, 0.717) is 24.4 Å². The lowest BCUT2D eigenvalue weighted by Crippen LogP contribution is -2.60. The average molecular weight is 498 g/mol. The zero-order chi connectivity index (χ0) is 25.4. The average Bonchev–Trinajstić information content (AvgIpc) is 2.83. The van der Waals surface area contributed by atoms with Gasteiger partial charge in [0.25, 0.3) is 5.91 Å². The third-order valence-corrected chi connectivity index (χ3v) is 5.88. The van der Waals surface area contributed by atoms with Gasteiger partial charge in [-0.15, -0.1) is 0 Å². The predicted octanol–water partition coefficient (Wildman–Crippen LogP) is 2.81. The van der Waals surface area contributed by atoms with Crippen molar-refractivity contribution in [1.82, 2.24) is 15.5 Å². The Morgan fingerprint density at radius 1 is 1.09 bits per heavy atom. The van der Waals surface area contributed by atoms with Crippen molar-refractivity contribution in [2.45, 2.75) is 38.6 Å². The molecule has 35 heavy (non-hydrogen) atoms. The minimum Gasteiger partial charge on any atom is -0.490 e. The van der Waals surface area contributed by atoms with Gasteiger partial charge in [0.15, 0.2) is 5.11 Å². The number of rotatable bonds is 7. The monoisotopic (exact) mass is 497 g/mol.